The molecule has 0 aromatic heterocycles. The monoisotopic (exact) mass is 544 g/mol. The first kappa shape index (κ1) is 25.3. The van der Waals surface area contributed by atoms with Crippen LogP contribution in [-0.2, 0) is 16.1 Å². The van der Waals surface area contributed by atoms with E-state index in [-0.39, 0.29) is 36.4 Å². The number of nitrogens with zero attached hydrogens (tertiary/aromatic N) is 3. The van der Waals surface area contributed by atoms with Crippen molar-refractivity contribution in [3.8, 4) is 0 Å². The minimum atomic E-state index is -0.567. The Bertz CT molecular complexity index is 752. The third kappa shape index (κ3) is 7.62. The standard InChI is InChI=1S/C21H32N6O3.HI/c1-2-23-21(27-8-7-18(15-27)26-9-11-30-12-10-26)25-13-16-3-5-17(6-4-16)20(29)24-14-19(22)28;/h3-6,18H,2,7-15H2,1H3,(H2,22,28)(H,23,25)(H,24,29);1H. The minimum absolute atomic E-state index is 0. The second-order valence-electron chi connectivity index (χ2n) is 7.55. The predicted molar refractivity (Wildman–Crippen MR) is 131 cm³/mol. The van der Waals surface area contributed by atoms with Crippen molar-refractivity contribution in [1.82, 2.24) is 20.4 Å². The van der Waals surface area contributed by atoms with Crippen molar-refractivity contribution < 1.29 is 14.3 Å². The van der Waals surface area contributed by atoms with E-state index in [1.807, 2.05) is 12.1 Å². The number of hydrogen-bond acceptors (Lipinski definition) is 5. The molecule has 1 unspecified atom stereocenters. The van der Waals surface area contributed by atoms with Crippen LogP contribution in [0.4, 0.5) is 0 Å². The number of primary amides is 1. The highest BCUT2D eigenvalue weighted by Gasteiger charge is 2.30. The lowest BCUT2D eigenvalue weighted by atomic mass is 10.1. The van der Waals surface area contributed by atoms with E-state index in [9.17, 15) is 9.59 Å². The first-order valence-corrected chi connectivity index (χ1v) is 10.6. The van der Waals surface area contributed by atoms with E-state index in [4.69, 9.17) is 15.5 Å². The van der Waals surface area contributed by atoms with Gasteiger partial charge in [-0.15, -0.1) is 24.0 Å². The van der Waals surface area contributed by atoms with E-state index in [1.165, 1.54) is 0 Å². The number of morpholine rings is 1. The normalized spacial score (nSPS) is 19.6. The highest BCUT2D eigenvalue weighted by Crippen LogP contribution is 2.17. The predicted octanol–water partition coefficient (Wildman–Crippen LogP) is 0.392. The fourth-order valence-corrected chi connectivity index (χ4v) is 3.80. The van der Waals surface area contributed by atoms with E-state index in [0.717, 1.165) is 63.9 Å². The molecule has 2 aliphatic heterocycles. The van der Waals surface area contributed by atoms with Gasteiger partial charge in [-0.25, -0.2) is 4.99 Å². The number of carbonyl (C=O) groups excluding carboxylic acids is 2. The smallest absolute Gasteiger partial charge is 0.251 e. The summed E-state index contributed by atoms with van der Waals surface area (Å²) >= 11 is 0. The van der Waals surface area contributed by atoms with Gasteiger partial charge in [-0.1, -0.05) is 12.1 Å². The lowest BCUT2D eigenvalue weighted by Gasteiger charge is -2.32. The number of nitrogens with two attached hydrogens (primary N) is 1. The highest BCUT2D eigenvalue weighted by molar-refractivity contribution is 14.0. The fourth-order valence-electron chi connectivity index (χ4n) is 3.80. The number of likely N-dealkylation sites (tertiary alicyclic amines) is 1. The second kappa shape index (κ2) is 12.8. The molecule has 2 heterocycles. The Kier molecular flexibility index (Phi) is 10.5. The number of carbonyl (C=O) groups is 2. The van der Waals surface area contributed by atoms with Crippen LogP contribution >= 0.6 is 24.0 Å². The molecule has 0 aliphatic carbocycles. The Hall–Kier alpha value is -1.92. The molecule has 1 aromatic rings. The number of hydrogen-bond donors (Lipinski definition) is 3. The molecule has 31 heavy (non-hydrogen) atoms. The zero-order valence-electron chi connectivity index (χ0n) is 18.0. The molecule has 0 saturated carbocycles. The highest BCUT2D eigenvalue weighted by atomic mass is 127. The van der Waals surface area contributed by atoms with Gasteiger partial charge >= 0.3 is 0 Å². The number of guanidine groups is 1. The number of amides is 2. The van der Waals surface area contributed by atoms with Gasteiger partial charge in [0, 0.05) is 44.3 Å². The Balaban J connectivity index is 0.00000341. The summed E-state index contributed by atoms with van der Waals surface area (Å²) in [6, 6.07) is 7.78. The van der Waals surface area contributed by atoms with Crippen LogP contribution in [0.25, 0.3) is 0 Å². The average molecular weight is 544 g/mol. The van der Waals surface area contributed by atoms with Crippen LogP contribution in [0.15, 0.2) is 29.3 Å². The van der Waals surface area contributed by atoms with E-state index >= 15 is 0 Å². The molecule has 0 spiro atoms. The molecule has 1 atom stereocenters. The minimum Gasteiger partial charge on any atom is -0.379 e. The van der Waals surface area contributed by atoms with Crippen molar-refractivity contribution in [3.05, 3.63) is 35.4 Å². The molecule has 3 rings (SSSR count). The molecule has 4 N–H and O–H groups in total. The lowest BCUT2D eigenvalue weighted by molar-refractivity contribution is -0.117. The second-order valence-corrected chi connectivity index (χ2v) is 7.55. The molecular weight excluding hydrogens is 511 g/mol. The molecule has 2 aliphatic rings. The molecule has 1 aromatic carbocycles. The molecular formula is C21H33IN6O3. The third-order valence-corrected chi connectivity index (χ3v) is 5.41. The Morgan fingerprint density at radius 2 is 1.87 bits per heavy atom. The summed E-state index contributed by atoms with van der Waals surface area (Å²) in [5.41, 5.74) is 6.56. The summed E-state index contributed by atoms with van der Waals surface area (Å²) in [5, 5.41) is 5.88. The largest absolute Gasteiger partial charge is 0.379 e. The molecule has 10 heteroatoms. The zero-order valence-corrected chi connectivity index (χ0v) is 20.3. The van der Waals surface area contributed by atoms with E-state index in [1.54, 1.807) is 12.1 Å². The first-order chi connectivity index (χ1) is 14.6. The van der Waals surface area contributed by atoms with Crippen molar-refractivity contribution in [1.29, 1.82) is 0 Å². The lowest BCUT2D eigenvalue weighted by Crippen LogP contribution is -2.46. The quantitative estimate of drug-likeness (QED) is 0.260. The number of aliphatic imine (C=N–C) groups is 1. The fraction of sp³-hybridized carbons (Fsp3) is 0.571. The maximum Gasteiger partial charge on any atom is 0.251 e. The van der Waals surface area contributed by atoms with Crippen molar-refractivity contribution in [2.75, 3.05) is 52.5 Å². The van der Waals surface area contributed by atoms with Crippen molar-refractivity contribution in [2.45, 2.75) is 25.9 Å². The maximum atomic E-state index is 12.0. The number of halogens is 1. The van der Waals surface area contributed by atoms with Crippen LogP contribution in [0.5, 0.6) is 0 Å². The number of ether oxygens (including phenoxy) is 1. The number of nitrogens with one attached hydrogen (secondary N) is 2. The van der Waals surface area contributed by atoms with Crippen LogP contribution in [0.1, 0.15) is 29.3 Å². The summed E-state index contributed by atoms with van der Waals surface area (Å²) in [6.07, 6.45) is 1.14. The van der Waals surface area contributed by atoms with Gasteiger partial charge < -0.3 is 26.0 Å². The van der Waals surface area contributed by atoms with Crippen LogP contribution < -0.4 is 16.4 Å². The molecule has 2 saturated heterocycles. The molecule has 2 fully saturated rings. The van der Waals surface area contributed by atoms with E-state index in [2.05, 4.69) is 27.4 Å². The van der Waals surface area contributed by atoms with Crippen molar-refractivity contribution >= 4 is 41.8 Å². The van der Waals surface area contributed by atoms with Crippen LogP contribution in [0.2, 0.25) is 0 Å². The van der Waals surface area contributed by atoms with Gasteiger partial charge in [0.15, 0.2) is 5.96 Å². The first-order valence-electron chi connectivity index (χ1n) is 10.6. The zero-order chi connectivity index (χ0) is 21.3. The SMILES string of the molecule is CCNC(=NCc1ccc(C(=O)NCC(N)=O)cc1)N1CCC(N2CCOCC2)C1.I. The maximum absolute atomic E-state index is 12.0. The van der Waals surface area contributed by atoms with Gasteiger partial charge in [0.2, 0.25) is 5.91 Å². The van der Waals surface area contributed by atoms with Gasteiger partial charge in [-0.3, -0.25) is 14.5 Å². The molecule has 0 bridgehead atoms. The molecule has 9 nitrogen and oxygen atoms in total. The summed E-state index contributed by atoms with van der Waals surface area (Å²) in [7, 11) is 0. The molecule has 172 valence electrons. The molecule has 2 amide bonds. The topological polar surface area (TPSA) is 112 Å². The Morgan fingerprint density at radius 3 is 2.52 bits per heavy atom. The Morgan fingerprint density at radius 1 is 1.16 bits per heavy atom. The van der Waals surface area contributed by atoms with Crippen molar-refractivity contribution in [3.63, 3.8) is 0 Å². The van der Waals surface area contributed by atoms with Gasteiger partial charge in [-0.05, 0) is 31.0 Å². The molecule has 0 radical (unpaired) electrons. The summed E-state index contributed by atoms with van der Waals surface area (Å²) in [5.74, 6) is 0.0444. The van der Waals surface area contributed by atoms with E-state index < -0.39 is 5.91 Å². The van der Waals surface area contributed by atoms with Crippen LogP contribution in [0, 0.1) is 0 Å². The van der Waals surface area contributed by atoms with Gasteiger partial charge in [0.05, 0.1) is 26.3 Å². The van der Waals surface area contributed by atoms with Gasteiger partial charge in [-0.2, -0.15) is 0 Å². The van der Waals surface area contributed by atoms with E-state index in [0.29, 0.717) is 18.2 Å². The summed E-state index contributed by atoms with van der Waals surface area (Å²) in [6.45, 7) is 8.88. The summed E-state index contributed by atoms with van der Waals surface area (Å²) < 4.78 is 5.47. The van der Waals surface area contributed by atoms with Gasteiger partial charge in [0.1, 0.15) is 0 Å². The van der Waals surface area contributed by atoms with Crippen LogP contribution in [-0.4, -0.2) is 86.1 Å². The summed E-state index contributed by atoms with van der Waals surface area (Å²) in [4.78, 5) is 32.4. The van der Waals surface area contributed by atoms with Crippen LogP contribution in [0.3, 0.4) is 0 Å². The number of rotatable bonds is 7. The number of benzene rings is 1. The van der Waals surface area contributed by atoms with Crippen molar-refractivity contribution in [2.24, 2.45) is 10.7 Å². The van der Waals surface area contributed by atoms with Gasteiger partial charge in [0.25, 0.3) is 5.91 Å². The Labute approximate surface area is 200 Å². The third-order valence-electron chi connectivity index (χ3n) is 5.41. The average Bonchev–Trinajstić information content (AvgIpc) is 3.26.